The number of likely N-dealkylation sites (tertiary alicyclic amines) is 1. The van der Waals surface area contributed by atoms with Gasteiger partial charge in [0.15, 0.2) is 0 Å². The molecule has 8 heteroatoms. The summed E-state index contributed by atoms with van der Waals surface area (Å²) in [6.07, 6.45) is -5.22. The lowest BCUT2D eigenvalue weighted by molar-refractivity contribution is -0.295. The van der Waals surface area contributed by atoms with Crippen LogP contribution in [0.2, 0.25) is 0 Å². The van der Waals surface area contributed by atoms with Crippen molar-refractivity contribution in [2.75, 3.05) is 6.54 Å². The number of rotatable bonds is 4. The molecule has 0 radical (unpaired) electrons. The lowest BCUT2D eigenvalue weighted by atomic mass is 9.97. The van der Waals surface area contributed by atoms with Crippen LogP contribution in [0.4, 0.5) is 18.0 Å². The van der Waals surface area contributed by atoms with Crippen LogP contribution in [0.15, 0.2) is 48.5 Å². The van der Waals surface area contributed by atoms with E-state index in [0.29, 0.717) is 30.6 Å². The van der Waals surface area contributed by atoms with E-state index in [1.54, 1.807) is 12.1 Å². The first kappa shape index (κ1) is 21.5. The number of carbonyl (C=O) groups excluding carboxylic acids is 1. The Morgan fingerprint density at radius 3 is 2.57 bits per heavy atom. The molecule has 0 spiro atoms. The average molecular weight is 418 g/mol. The van der Waals surface area contributed by atoms with Gasteiger partial charge in [-0.05, 0) is 41.8 Å². The Kier molecular flexibility index (Phi) is 6.50. The number of hydrogen-bond acceptors (Lipinski definition) is 4. The summed E-state index contributed by atoms with van der Waals surface area (Å²) in [4.78, 5) is 12.9. The van der Waals surface area contributed by atoms with Crippen molar-refractivity contribution >= 4 is 6.09 Å². The summed E-state index contributed by atoms with van der Waals surface area (Å²) in [6, 6.07) is 16.4. The molecule has 1 saturated heterocycles. The van der Waals surface area contributed by atoms with Gasteiger partial charge in [0, 0.05) is 25.4 Å². The maximum absolute atomic E-state index is 12.3. The van der Waals surface area contributed by atoms with Crippen LogP contribution < -0.4 is 4.74 Å². The maximum atomic E-state index is 12.3. The molecule has 30 heavy (non-hydrogen) atoms. The number of alkyl halides is 3. The fourth-order valence-electron chi connectivity index (χ4n) is 3.59. The summed E-state index contributed by atoms with van der Waals surface area (Å²) in [7, 11) is 0. The minimum Gasteiger partial charge on any atom is -0.490 e. The van der Waals surface area contributed by atoms with Gasteiger partial charge in [-0.15, -0.1) is 13.2 Å². The minimum atomic E-state index is -4.99. The Labute approximate surface area is 172 Å². The van der Waals surface area contributed by atoms with Gasteiger partial charge in [-0.2, -0.15) is 5.26 Å². The molecule has 2 aromatic carbocycles. The van der Waals surface area contributed by atoms with E-state index in [4.69, 9.17) is 10.00 Å². The zero-order valence-electron chi connectivity index (χ0n) is 16.4. The highest BCUT2D eigenvalue weighted by Crippen LogP contribution is 2.29. The third-order valence-electron chi connectivity index (χ3n) is 5.06. The highest BCUT2D eigenvalue weighted by atomic mass is 19.4. The Bertz CT molecular complexity index is 922. The van der Waals surface area contributed by atoms with Crippen LogP contribution in [0.5, 0.6) is 5.75 Å². The highest BCUT2D eigenvalue weighted by molar-refractivity contribution is 5.68. The van der Waals surface area contributed by atoms with Crippen LogP contribution in [0, 0.1) is 11.3 Å². The molecule has 2 aromatic rings. The first-order valence-electron chi connectivity index (χ1n) is 9.62. The van der Waals surface area contributed by atoms with Gasteiger partial charge < -0.3 is 14.4 Å². The molecule has 0 aromatic heterocycles. The molecule has 2 unspecified atom stereocenters. The Balaban J connectivity index is 1.62. The number of carbonyl (C=O) groups is 1. The predicted octanol–water partition coefficient (Wildman–Crippen LogP) is 5.50. The van der Waals surface area contributed by atoms with Crippen molar-refractivity contribution in [1.82, 2.24) is 4.90 Å². The van der Waals surface area contributed by atoms with E-state index < -0.39 is 12.5 Å². The molecule has 0 aliphatic carbocycles. The van der Waals surface area contributed by atoms with E-state index in [1.165, 1.54) is 0 Å². The number of amides is 1. The van der Waals surface area contributed by atoms with Gasteiger partial charge in [0.2, 0.25) is 0 Å². The number of benzene rings is 2. The van der Waals surface area contributed by atoms with E-state index in [9.17, 15) is 18.0 Å². The number of halogens is 3. The zero-order chi connectivity index (χ0) is 21.7. The van der Waals surface area contributed by atoms with Crippen LogP contribution in [0.1, 0.15) is 31.7 Å². The smallest absolute Gasteiger partial charge is 0.490 e. The molecule has 1 heterocycles. The van der Waals surface area contributed by atoms with Crippen molar-refractivity contribution in [2.24, 2.45) is 0 Å². The third-order valence-corrected chi connectivity index (χ3v) is 5.06. The van der Waals surface area contributed by atoms with Gasteiger partial charge >= 0.3 is 12.5 Å². The first-order chi connectivity index (χ1) is 14.3. The summed E-state index contributed by atoms with van der Waals surface area (Å²) in [5.41, 5.74) is 2.44. The molecule has 5 nitrogen and oxygen atoms in total. The molecule has 0 saturated carbocycles. The second-order valence-electron chi connectivity index (χ2n) is 7.05. The van der Waals surface area contributed by atoms with Crippen molar-refractivity contribution in [3.05, 3.63) is 54.1 Å². The number of nitriles is 1. The van der Waals surface area contributed by atoms with Crippen LogP contribution in [0.3, 0.4) is 0 Å². The van der Waals surface area contributed by atoms with Crippen molar-refractivity contribution in [2.45, 2.75) is 44.7 Å². The Morgan fingerprint density at radius 1 is 1.20 bits per heavy atom. The van der Waals surface area contributed by atoms with Gasteiger partial charge in [-0.25, -0.2) is 4.79 Å². The molecule has 1 amide bonds. The number of nitrogens with zero attached hydrogens (tertiary/aromatic N) is 2. The van der Waals surface area contributed by atoms with E-state index in [0.717, 1.165) is 16.0 Å². The Hall–Kier alpha value is -3.21. The average Bonchev–Trinajstić information content (AvgIpc) is 2.73. The van der Waals surface area contributed by atoms with Gasteiger partial charge in [-0.1, -0.05) is 31.2 Å². The molecule has 1 aliphatic rings. The van der Waals surface area contributed by atoms with E-state index in [1.807, 2.05) is 43.3 Å². The maximum Gasteiger partial charge on any atom is 0.576 e. The van der Waals surface area contributed by atoms with Crippen molar-refractivity contribution in [3.63, 3.8) is 0 Å². The molecule has 3 rings (SSSR count). The number of ether oxygens (including phenoxy) is 2. The van der Waals surface area contributed by atoms with Crippen LogP contribution >= 0.6 is 0 Å². The number of hydrogen-bond donors (Lipinski definition) is 0. The van der Waals surface area contributed by atoms with E-state index >= 15 is 0 Å². The van der Waals surface area contributed by atoms with Crippen LogP contribution in [-0.2, 0) is 4.74 Å². The van der Waals surface area contributed by atoms with Gasteiger partial charge in [0.1, 0.15) is 11.9 Å². The summed E-state index contributed by atoms with van der Waals surface area (Å²) < 4.78 is 46.6. The van der Waals surface area contributed by atoms with Gasteiger partial charge in [0.05, 0.1) is 11.6 Å². The Morgan fingerprint density at radius 2 is 1.93 bits per heavy atom. The zero-order valence-corrected chi connectivity index (χ0v) is 16.4. The summed E-state index contributed by atoms with van der Waals surface area (Å²) >= 11 is 0. The van der Waals surface area contributed by atoms with E-state index in [-0.39, 0.29) is 18.7 Å². The van der Waals surface area contributed by atoms with Crippen molar-refractivity contribution < 1.29 is 27.4 Å². The first-order valence-corrected chi connectivity index (χ1v) is 9.62. The second kappa shape index (κ2) is 9.08. The highest BCUT2D eigenvalue weighted by Gasteiger charge is 2.39. The molecular weight excluding hydrogens is 397 g/mol. The lowest BCUT2D eigenvalue weighted by Crippen LogP contribution is -2.49. The summed E-state index contributed by atoms with van der Waals surface area (Å²) in [5.74, 6) is 0.640. The monoisotopic (exact) mass is 418 g/mol. The fourth-order valence-corrected chi connectivity index (χ4v) is 3.59. The third kappa shape index (κ3) is 5.44. The van der Waals surface area contributed by atoms with Crippen molar-refractivity contribution in [3.8, 4) is 22.9 Å². The molecule has 1 aliphatic heterocycles. The predicted molar refractivity (Wildman–Crippen MR) is 104 cm³/mol. The van der Waals surface area contributed by atoms with Gasteiger partial charge in [0.25, 0.3) is 0 Å². The molecular formula is C22H21F3N2O3. The standard InChI is InChI=1S/C22H21F3N2O3/c1-2-18-13-20(10-11-27(18)21(28)30-22(23,24)25)29-19-8-6-16(7-9-19)17-5-3-4-15(12-17)14-26/h3-9,12,18,20H,2,10-11,13H2,1H3. The molecule has 2 atom stereocenters. The van der Waals surface area contributed by atoms with E-state index in [2.05, 4.69) is 10.8 Å². The van der Waals surface area contributed by atoms with Crippen LogP contribution in [0.25, 0.3) is 11.1 Å². The van der Waals surface area contributed by atoms with Gasteiger partial charge in [-0.3, -0.25) is 0 Å². The SMILES string of the molecule is CCC1CC(Oc2ccc(-c3cccc(C#N)c3)cc2)CCN1C(=O)OC(F)(F)F. The summed E-state index contributed by atoms with van der Waals surface area (Å²) in [5, 5.41) is 9.03. The second-order valence-corrected chi connectivity index (χ2v) is 7.05. The quantitative estimate of drug-likeness (QED) is 0.657. The number of piperidine rings is 1. The van der Waals surface area contributed by atoms with Crippen molar-refractivity contribution in [1.29, 1.82) is 5.26 Å². The normalized spacial score (nSPS) is 19.1. The minimum absolute atomic E-state index is 0.136. The molecule has 158 valence electrons. The summed E-state index contributed by atoms with van der Waals surface area (Å²) in [6.45, 7) is 1.95. The molecule has 1 fully saturated rings. The largest absolute Gasteiger partial charge is 0.576 e. The fraction of sp³-hybridized carbons (Fsp3) is 0.364. The topological polar surface area (TPSA) is 62.6 Å². The van der Waals surface area contributed by atoms with Crippen LogP contribution in [-0.4, -0.2) is 36.0 Å². The molecule has 0 N–H and O–H groups in total. The molecule has 0 bridgehead atoms. The lowest BCUT2D eigenvalue weighted by Gasteiger charge is -2.38.